The average molecular weight is 462 g/mol. The van der Waals surface area contributed by atoms with Crippen LogP contribution in [0.5, 0.6) is 0 Å². The Bertz CT molecular complexity index is 1090. The summed E-state index contributed by atoms with van der Waals surface area (Å²) >= 11 is 5.80. The summed E-state index contributed by atoms with van der Waals surface area (Å²) in [4.78, 5) is 4.57. The van der Waals surface area contributed by atoms with Crippen molar-refractivity contribution in [2.24, 2.45) is 0 Å². The van der Waals surface area contributed by atoms with Crippen LogP contribution in [0.2, 0.25) is 5.15 Å². The largest absolute Gasteiger partial charge is 0.510 e. The van der Waals surface area contributed by atoms with Crippen LogP contribution in [-0.4, -0.2) is 72.2 Å². The molecule has 1 aromatic heterocycles. The second-order valence-electron chi connectivity index (χ2n) is 7.63. The van der Waals surface area contributed by atoms with E-state index in [4.69, 9.17) is 11.6 Å². The predicted molar refractivity (Wildman–Crippen MR) is 120 cm³/mol. The molecule has 1 fully saturated rings. The molecule has 2 aromatic rings. The third-order valence-electron chi connectivity index (χ3n) is 5.45. The van der Waals surface area contributed by atoms with E-state index in [9.17, 15) is 13.5 Å². The van der Waals surface area contributed by atoms with Crippen molar-refractivity contribution in [2.75, 3.05) is 44.2 Å². The van der Waals surface area contributed by atoms with Crippen molar-refractivity contribution in [1.82, 2.24) is 19.4 Å². The van der Waals surface area contributed by atoms with E-state index in [0.29, 0.717) is 11.7 Å². The standard InChI is InChI=1S/C21H24ClN5O3S/c1-16-2-4-18(5-3-16)31(29,30)27-9-8-17(19(28)15-27)14-25-10-12-26(13-11-25)21-7-6-20(22)23-24-21/h2-9,28H,10-15H2,1H3. The Balaban J connectivity index is 1.36. The number of halogens is 1. The number of aryl methyl sites for hydroxylation is 1. The molecule has 10 heteroatoms. The first-order valence-electron chi connectivity index (χ1n) is 9.97. The smallest absolute Gasteiger partial charge is 0.264 e. The van der Waals surface area contributed by atoms with Gasteiger partial charge in [-0.25, -0.2) is 8.42 Å². The van der Waals surface area contributed by atoms with Crippen LogP contribution in [-0.2, 0) is 10.0 Å². The van der Waals surface area contributed by atoms with Gasteiger partial charge in [0.15, 0.2) is 11.0 Å². The maximum Gasteiger partial charge on any atom is 0.264 e. The topological polar surface area (TPSA) is 89.9 Å². The Morgan fingerprint density at radius 3 is 2.35 bits per heavy atom. The highest BCUT2D eigenvalue weighted by Gasteiger charge is 2.27. The summed E-state index contributed by atoms with van der Waals surface area (Å²) in [6.45, 7) is 5.54. The van der Waals surface area contributed by atoms with E-state index in [1.807, 2.05) is 13.0 Å². The lowest BCUT2D eigenvalue weighted by Crippen LogP contribution is -2.47. The molecule has 164 valence electrons. The molecular formula is C21H24ClN5O3S. The zero-order chi connectivity index (χ0) is 22.0. The zero-order valence-corrected chi connectivity index (χ0v) is 18.7. The molecular weight excluding hydrogens is 438 g/mol. The van der Waals surface area contributed by atoms with Gasteiger partial charge in [-0.2, -0.15) is 0 Å². The zero-order valence-electron chi connectivity index (χ0n) is 17.1. The summed E-state index contributed by atoms with van der Waals surface area (Å²) in [6.07, 6.45) is 3.21. The van der Waals surface area contributed by atoms with E-state index < -0.39 is 10.0 Å². The number of hydrogen-bond donors (Lipinski definition) is 1. The van der Waals surface area contributed by atoms with Crippen molar-refractivity contribution < 1.29 is 13.5 Å². The van der Waals surface area contributed by atoms with Crippen molar-refractivity contribution >= 4 is 27.4 Å². The second-order valence-corrected chi connectivity index (χ2v) is 9.91. The van der Waals surface area contributed by atoms with Gasteiger partial charge < -0.3 is 10.0 Å². The van der Waals surface area contributed by atoms with Gasteiger partial charge in [-0.3, -0.25) is 9.21 Å². The second kappa shape index (κ2) is 8.86. The number of rotatable bonds is 5. The highest BCUT2D eigenvalue weighted by molar-refractivity contribution is 7.89. The van der Waals surface area contributed by atoms with E-state index >= 15 is 0 Å². The van der Waals surface area contributed by atoms with Crippen LogP contribution < -0.4 is 4.90 Å². The van der Waals surface area contributed by atoms with Crippen molar-refractivity contribution in [3.63, 3.8) is 0 Å². The number of hydrogen-bond acceptors (Lipinski definition) is 7. The highest BCUT2D eigenvalue weighted by Crippen LogP contribution is 2.23. The Labute approximate surface area is 187 Å². The predicted octanol–water partition coefficient (Wildman–Crippen LogP) is 2.59. The molecule has 0 atom stereocenters. The van der Waals surface area contributed by atoms with Crippen molar-refractivity contribution in [3.8, 4) is 0 Å². The van der Waals surface area contributed by atoms with Crippen molar-refractivity contribution in [3.05, 3.63) is 70.7 Å². The van der Waals surface area contributed by atoms with Crippen molar-refractivity contribution in [2.45, 2.75) is 11.8 Å². The first kappa shape index (κ1) is 21.6. The number of piperazine rings is 1. The fourth-order valence-electron chi connectivity index (χ4n) is 3.58. The Morgan fingerprint density at radius 2 is 1.74 bits per heavy atom. The number of sulfonamides is 1. The molecule has 0 spiro atoms. The van der Waals surface area contributed by atoms with Gasteiger partial charge in [0, 0.05) is 44.5 Å². The van der Waals surface area contributed by atoms with Gasteiger partial charge in [-0.05, 0) is 37.3 Å². The molecule has 31 heavy (non-hydrogen) atoms. The van der Waals surface area contributed by atoms with Gasteiger partial charge >= 0.3 is 0 Å². The summed E-state index contributed by atoms with van der Waals surface area (Å²) in [7, 11) is -3.70. The number of anilines is 1. The first-order valence-corrected chi connectivity index (χ1v) is 11.8. The molecule has 0 saturated carbocycles. The number of aromatic nitrogens is 2. The van der Waals surface area contributed by atoms with Crippen LogP contribution in [0.25, 0.3) is 0 Å². The average Bonchev–Trinajstić information content (AvgIpc) is 2.76. The van der Waals surface area contributed by atoms with Gasteiger partial charge in [0.1, 0.15) is 5.76 Å². The van der Waals surface area contributed by atoms with Crippen LogP contribution in [0.15, 0.2) is 64.9 Å². The van der Waals surface area contributed by atoms with Crippen LogP contribution in [0.1, 0.15) is 5.56 Å². The fraction of sp³-hybridized carbons (Fsp3) is 0.333. The maximum atomic E-state index is 12.8. The van der Waals surface area contributed by atoms with E-state index in [2.05, 4.69) is 20.0 Å². The van der Waals surface area contributed by atoms with E-state index in [0.717, 1.165) is 43.1 Å². The first-order chi connectivity index (χ1) is 14.8. The molecule has 4 rings (SSSR count). The molecule has 1 aromatic carbocycles. The van der Waals surface area contributed by atoms with E-state index in [1.54, 1.807) is 36.4 Å². The summed E-state index contributed by atoms with van der Waals surface area (Å²) in [5.41, 5.74) is 1.72. The number of aliphatic hydroxyl groups excluding tert-OH is 1. The van der Waals surface area contributed by atoms with Gasteiger partial charge in [0.2, 0.25) is 0 Å². The lowest BCUT2D eigenvalue weighted by molar-refractivity contribution is 0.269. The minimum Gasteiger partial charge on any atom is -0.510 e. The van der Waals surface area contributed by atoms with Crippen molar-refractivity contribution in [1.29, 1.82) is 0 Å². The molecule has 0 aliphatic carbocycles. The molecule has 2 aliphatic rings. The molecule has 0 unspecified atom stereocenters. The molecule has 0 bridgehead atoms. The monoisotopic (exact) mass is 461 g/mol. The summed E-state index contributed by atoms with van der Waals surface area (Å²) in [6, 6.07) is 10.3. The van der Waals surface area contributed by atoms with Gasteiger partial charge in [0.25, 0.3) is 10.0 Å². The molecule has 8 nitrogen and oxygen atoms in total. The quantitative estimate of drug-likeness (QED) is 0.731. The van der Waals surface area contributed by atoms with Crippen LogP contribution >= 0.6 is 11.6 Å². The molecule has 1 N–H and O–H groups in total. The van der Waals surface area contributed by atoms with Crippen LogP contribution in [0.4, 0.5) is 5.82 Å². The van der Waals surface area contributed by atoms with Gasteiger partial charge in [-0.15, -0.1) is 10.2 Å². The number of benzene rings is 1. The van der Waals surface area contributed by atoms with E-state index in [1.165, 1.54) is 10.5 Å². The third-order valence-corrected chi connectivity index (χ3v) is 7.39. The molecule has 0 amide bonds. The third kappa shape index (κ3) is 4.84. The van der Waals surface area contributed by atoms with Gasteiger partial charge in [-0.1, -0.05) is 29.3 Å². The summed E-state index contributed by atoms with van der Waals surface area (Å²) in [5, 5.41) is 18.9. The normalized spacial score (nSPS) is 18.0. The highest BCUT2D eigenvalue weighted by atomic mass is 35.5. The lowest BCUT2D eigenvalue weighted by atomic mass is 10.1. The van der Waals surface area contributed by atoms with Crippen LogP contribution in [0, 0.1) is 6.92 Å². The minimum absolute atomic E-state index is 0.0671. The number of aliphatic hydroxyl groups is 1. The molecule has 3 heterocycles. The van der Waals surface area contributed by atoms with E-state index in [-0.39, 0.29) is 17.2 Å². The Morgan fingerprint density at radius 1 is 1.03 bits per heavy atom. The summed E-state index contributed by atoms with van der Waals surface area (Å²) < 4.78 is 26.9. The number of nitrogens with zero attached hydrogens (tertiary/aromatic N) is 5. The Kier molecular flexibility index (Phi) is 6.17. The lowest BCUT2D eigenvalue weighted by Gasteiger charge is -2.36. The SMILES string of the molecule is Cc1ccc(S(=O)(=O)N2C=CC(CN3CCN(c4ccc(Cl)nn4)CC3)=C(O)C2)cc1. The molecule has 0 radical (unpaired) electrons. The minimum atomic E-state index is -3.70. The summed E-state index contributed by atoms with van der Waals surface area (Å²) in [5.74, 6) is 0.866. The fourth-order valence-corrected chi connectivity index (χ4v) is 4.94. The maximum absolute atomic E-state index is 12.8. The molecule has 2 aliphatic heterocycles. The van der Waals surface area contributed by atoms with Crippen LogP contribution in [0.3, 0.4) is 0 Å². The van der Waals surface area contributed by atoms with Gasteiger partial charge in [0.05, 0.1) is 11.4 Å². The Hall–Kier alpha value is -2.62. The molecule has 1 saturated heterocycles.